The van der Waals surface area contributed by atoms with E-state index in [4.69, 9.17) is 0 Å². The van der Waals surface area contributed by atoms with Crippen LogP contribution in [0.25, 0.3) is 22.3 Å². The van der Waals surface area contributed by atoms with Gasteiger partial charge in [-0.3, -0.25) is 0 Å². The van der Waals surface area contributed by atoms with Gasteiger partial charge in [0.05, 0.1) is 0 Å². The fraction of sp³-hybridized carbons (Fsp3) is 0.0526. The molecule has 1 atom stereocenters. The van der Waals surface area contributed by atoms with E-state index >= 15 is 0 Å². The Hall–Kier alpha value is -1.91. The quantitative estimate of drug-likeness (QED) is 0.562. The Labute approximate surface area is 122 Å². The summed E-state index contributed by atoms with van der Waals surface area (Å²) in [6.07, 6.45) is 0.972. The number of benzene rings is 3. The van der Waals surface area contributed by atoms with E-state index in [1.54, 1.807) is 0 Å². The number of hydrogen-bond acceptors (Lipinski definition) is 0. The molecule has 0 aliphatic rings. The molecule has 0 saturated heterocycles. The Balaban J connectivity index is 2.20. The van der Waals surface area contributed by atoms with Crippen molar-refractivity contribution in [1.29, 1.82) is 0 Å². The maximum Gasteiger partial charge on any atom is -0.0103 e. The van der Waals surface area contributed by atoms with E-state index < -0.39 is 0 Å². The SMILES string of the molecule is PCc1ccccc1-c1ccccc1-c1ccccc1. The predicted molar refractivity (Wildman–Crippen MR) is 90.7 cm³/mol. The van der Waals surface area contributed by atoms with E-state index in [9.17, 15) is 0 Å². The molecule has 3 aromatic rings. The molecule has 20 heavy (non-hydrogen) atoms. The average molecular weight is 276 g/mol. The van der Waals surface area contributed by atoms with Gasteiger partial charge >= 0.3 is 0 Å². The van der Waals surface area contributed by atoms with Gasteiger partial charge in [-0.05, 0) is 34.0 Å². The van der Waals surface area contributed by atoms with Gasteiger partial charge in [-0.15, -0.1) is 9.24 Å². The van der Waals surface area contributed by atoms with Crippen molar-refractivity contribution in [2.24, 2.45) is 0 Å². The molecule has 0 aromatic heterocycles. The molecule has 98 valence electrons. The van der Waals surface area contributed by atoms with Gasteiger partial charge in [0.1, 0.15) is 0 Å². The second kappa shape index (κ2) is 6.03. The highest BCUT2D eigenvalue weighted by atomic mass is 31.0. The van der Waals surface area contributed by atoms with Crippen LogP contribution in [0.1, 0.15) is 5.56 Å². The summed E-state index contributed by atoms with van der Waals surface area (Å²) in [5, 5.41) is 0. The molecular weight excluding hydrogens is 259 g/mol. The molecule has 0 aliphatic carbocycles. The topological polar surface area (TPSA) is 0 Å². The number of hydrogen-bond donors (Lipinski definition) is 0. The minimum absolute atomic E-state index is 0.972. The number of rotatable bonds is 3. The van der Waals surface area contributed by atoms with E-state index in [0.29, 0.717) is 0 Å². The summed E-state index contributed by atoms with van der Waals surface area (Å²) < 4.78 is 0. The van der Waals surface area contributed by atoms with Crippen molar-refractivity contribution in [2.75, 3.05) is 0 Å². The van der Waals surface area contributed by atoms with Crippen molar-refractivity contribution in [3.63, 3.8) is 0 Å². The molecule has 1 unspecified atom stereocenters. The Bertz CT molecular complexity index is 702. The fourth-order valence-corrected chi connectivity index (χ4v) is 2.90. The van der Waals surface area contributed by atoms with E-state index in [2.05, 4.69) is 88.1 Å². The van der Waals surface area contributed by atoms with E-state index in [-0.39, 0.29) is 0 Å². The Morgan fingerprint density at radius 1 is 0.550 bits per heavy atom. The highest BCUT2D eigenvalue weighted by Gasteiger charge is 2.09. The van der Waals surface area contributed by atoms with Gasteiger partial charge in [0, 0.05) is 0 Å². The zero-order valence-electron chi connectivity index (χ0n) is 11.3. The smallest absolute Gasteiger partial charge is 0.0103 e. The molecular formula is C19H17P. The molecule has 0 saturated carbocycles. The van der Waals surface area contributed by atoms with Gasteiger partial charge in [-0.25, -0.2) is 0 Å². The van der Waals surface area contributed by atoms with Gasteiger partial charge in [0.25, 0.3) is 0 Å². The molecule has 0 heterocycles. The molecule has 0 amide bonds. The summed E-state index contributed by atoms with van der Waals surface area (Å²) in [4.78, 5) is 0. The van der Waals surface area contributed by atoms with Crippen LogP contribution in [-0.2, 0) is 6.16 Å². The van der Waals surface area contributed by atoms with Crippen molar-refractivity contribution in [2.45, 2.75) is 6.16 Å². The molecule has 0 nitrogen and oxygen atoms in total. The van der Waals surface area contributed by atoms with Gasteiger partial charge < -0.3 is 0 Å². The largest absolute Gasteiger partial charge is 0.133 e. The first-order valence-electron chi connectivity index (χ1n) is 6.83. The van der Waals surface area contributed by atoms with Crippen LogP contribution in [0, 0.1) is 0 Å². The second-order valence-electron chi connectivity index (χ2n) is 4.77. The molecule has 3 rings (SSSR count). The first-order valence-corrected chi connectivity index (χ1v) is 7.64. The van der Waals surface area contributed by atoms with Crippen molar-refractivity contribution in [3.8, 4) is 22.3 Å². The van der Waals surface area contributed by atoms with Crippen LogP contribution in [0.15, 0.2) is 78.9 Å². The summed E-state index contributed by atoms with van der Waals surface area (Å²) in [6.45, 7) is 0. The van der Waals surface area contributed by atoms with Gasteiger partial charge in [0.15, 0.2) is 0 Å². The van der Waals surface area contributed by atoms with Crippen molar-refractivity contribution in [1.82, 2.24) is 0 Å². The van der Waals surface area contributed by atoms with Crippen LogP contribution in [0.5, 0.6) is 0 Å². The van der Waals surface area contributed by atoms with Gasteiger partial charge in [-0.2, -0.15) is 0 Å². The van der Waals surface area contributed by atoms with Crippen LogP contribution in [-0.4, -0.2) is 0 Å². The summed E-state index contributed by atoms with van der Waals surface area (Å²) in [5.41, 5.74) is 6.54. The summed E-state index contributed by atoms with van der Waals surface area (Å²) in [6, 6.07) is 27.8. The van der Waals surface area contributed by atoms with Crippen molar-refractivity contribution in [3.05, 3.63) is 84.4 Å². The van der Waals surface area contributed by atoms with Crippen LogP contribution in [0.2, 0.25) is 0 Å². The zero-order chi connectivity index (χ0) is 13.8. The molecule has 0 bridgehead atoms. The summed E-state index contributed by atoms with van der Waals surface area (Å²) in [7, 11) is 2.82. The Morgan fingerprint density at radius 2 is 1.10 bits per heavy atom. The maximum atomic E-state index is 2.82. The molecule has 1 heteroatoms. The predicted octanol–water partition coefficient (Wildman–Crippen LogP) is 5.40. The van der Waals surface area contributed by atoms with Gasteiger partial charge in [-0.1, -0.05) is 78.9 Å². The lowest BCUT2D eigenvalue weighted by Crippen LogP contribution is -1.89. The molecule has 0 spiro atoms. The molecule has 0 aliphatic heterocycles. The van der Waals surface area contributed by atoms with Crippen LogP contribution in [0.4, 0.5) is 0 Å². The fourth-order valence-electron chi connectivity index (χ4n) is 2.55. The molecule has 0 radical (unpaired) electrons. The molecule has 0 fully saturated rings. The standard InChI is InChI=1S/C19H17P/c20-14-16-10-4-5-12-18(16)19-13-7-6-11-17(19)15-8-2-1-3-9-15/h1-13H,14,20H2. The van der Waals surface area contributed by atoms with E-state index in [1.807, 2.05) is 0 Å². The zero-order valence-corrected chi connectivity index (χ0v) is 12.4. The lowest BCUT2D eigenvalue weighted by Gasteiger charge is -2.13. The monoisotopic (exact) mass is 276 g/mol. The summed E-state index contributed by atoms with van der Waals surface area (Å²) in [5.74, 6) is 0. The van der Waals surface area contributed by atoms with E-state index in [0.717, 1.165) is 6.16 Å². The third kappa shape index (κ3) is 2.53. The van der Waals surface area contributed by atoms with Crippen molar-refractivity contribution >= 4 is 9.24 Å². The van der Waals surface area contributed by atoms with E-state index in [1.165, 1.54) is 27.8 Å². The Kier molecular flexibility index (Phi) is 3.95. The Morgan fingerprint density at radius 3 is 1.80 bits per heavy atom. The van der Waals surface area contributed by atoms with Crippen LogP contribution < -0.4 is 0 Å². The third-order valence-corrected chi connectivity index (χ3v) is 3.98. The minimum Gasteiger partial charge on any atom is -0.133 e. The maximum absolute atomic E-state index is 2.82. The second-order valence-corrected chi connectivity index (χ2v) is 5.18. The van der Waals surface area contributed by atoms with Crippen LogP contribution in [0.3, 0.4) is 0 Å². The lowest BCUT2D eigenvalue weighted by molar-refractivity contribution is 1.41. The normalized spacial score (nSPS) is 10.4. The van der Waals surface area contributed by atoms with Crippen molar-refractivity contribution < 1.29 is 0 Å². The average Bonchev–Trinajstić information content (AvgIpc) is 2.55. The van der Waals surface area contributed by atoms with Crippen LogP contribution >= 0.6 is 9.24 Å². The lowest BCUT2D eigenvalue weighted by atomic mass is 9.92. The molecule has 3 aromatic carbocycles. The first-order chi connectivity index (χ1) is 9.90. The highest BCUT2D eigenvalue weighted by molar-refractivity contribution is 7.15. The summed E-state index contributed by atoms with van der Waals surface area (Å²) >= 11 is 0. The highest BCUT2D eigenvalue weighted by Crippen LogP contribution is 2.34. The molecule has 0 N–H and O–H groups in total. The van der Waals surface area contributed by atoms with Gasteiger partial charge in [0.2, 0.25) is 0 Å². The first kappa shape index (κ1) is 13.1. The third-order valence-electron chi connectivity index (χ3n) is 3.54. The minimum atomic E-state index is 0.972.